The van der Waals surface area contributed by atoms with Crippen molar-refractivity contribution in [2.24, 2.45) is 0 Å². The largest absolute Gasteiger partial charge is 0.379 e. The van der Waals surface area contributed by atoms with Crippen LogP contribution in [0.15, 0.2) is 125 Å². The van der Waals surface area contributed by atoms with Crippen LogP contribution in [0, 0.1) is 10.1 Å². The van der Waals surface area contributed by atoms with E-state index in [0.717, 1.165) is 74.6 Å². The van der Waals surface area contributed by atoms with Crippen molar-refractivity contribution in [2.45, 2.75) is 28.8 Å². The van der Waals surface area contributed by atoms with Gasteiger partial charge in [0.2, 0.25) is 0 Å². The van der Waals surface area contributed by atoms with Gasteiger partial charge in [-0.05, 0) is 89.8 Å². The first-order valence-corrected chi connectivity index (χ1v) is 23.6. The van der Waals surface area contributed by atoms with Crippen molar-refractivity contribution in [3.8, 4) is 11.1 Å². The lowest BCUT2D eigenvalue weighted by Gasteiger charge is -2.36. The number of sulfonamides is 1. The van der Waals surface area contributed by atoms with Crippen LogP contribution < -0.4 is 14.9 Å². The number of halogens is 2. The van der Waals surface area contributed by atoms with Crippen molar-refractivity contribution in [1.82, 2.24) is 19.8 Å². The average molecular weight is 914 g/mol. The van der Waals surface area contributed by atoms with Crippen LogP contribution in [0.1, 0.15) is 12.0 Å². The minimum Gasteiger partial charge on any atom is -0.379 e. The molecule has 1 aromatic heterocycles. The summed E-state index contributed by atoms with van der Waals surface area (Å²) in [7, 11) is -4.30. The van der Waals surface area contributed by atoms with E-state index < -0.39 is 14.9 Å². The number of aromatic nitrogens is 2. The molecule has 2 saturated heterocycles. The van der Waals surface area contributed by atoms with E-state index in [2.05, 4.69) is 59.0 Å². The van der Waals surface area contributed by atoms with Crippen LogP contribution in [-0.4, -0.2) is 104 Å². The fourth-order valence-electron chi connectivity index (χ4n) is 7.77. The predicted molar refractivity (Wildman–Crippen MR) is 249 cm³/mol. The van der Waals surface area contributed by atoms with Crippen LogP contribution in [0.5, 0.6) is 0 Å². The summed E-state index contributed by atoms with van der Waals surface area (Å²) >= 11 is 14.1. The van der Waals surface area contributed by atoms with E-state index in [-0.39, 0.29) is 28.1 Å². The smallest absolute Gasteiger partial charge is 0.293 e. The van der Waals surface area contributed by atoms with Crippen molar-refractivity contribution >= 4 is 78.8 Å². The summed E-state index contributed by atoms with van der Waals surface area (Å²) in [5.41, 5.74) is 4.93. The van der Waals surface area contributed by atoms with Gasteiger partial charge in [-0.2, -0.15) is 0 Å². The molecule has 2 aliphatic heterocycles. The Hall–Kier alpha value is -5.00. The fraction of sp³-hybridized carbons (Fsp3) is 0.289. The Kier molecular flexibility index (Phi) is 14.1. The van der Waals surface area contributed by atoms with E-state index in [4.69, 9.17) is 27.9 Å². The number of nitrogens with zero attached hydrogens (tertiary/aromatic N) is 6. The van der Waals surface area contributed by atoms with Gasteiger partial charge in [0, 0.05) is 96.2 Å². The highest BCUT2D eigenvalue weighted by molar-refractivity contribution is 7.99. The van der Waals surface area contributed by atoms with Crippen molar-refractivity contribution in [2.75, 3.05) is 79.7 Å². The van der Waals surface area contributed by atoms with Crippen LogP contribution in [0.4, 0.5) is 22.9 Å². The quantitative estimate of drug-likeness (QED) is 0.0543. The summed E-state index contributed by atoms with van der Waals surface area (Å²) in [6.45, 7) is 7.78. The zero-order chi connectivity index (χ0) is 43.1. The van der Waals surface area contributed by atoms with E-state index in [1.165, 1.54) is 29.6 Å². The van der Waals surface area contributed by atoms with Crippen LogP contribution in [0.25, 0.3) is 22.0 Å². The number of nitro benzene ring substituents is 1. The van der Waals surface area contributed by atoms with Gasteiger partial charge >= 0.3 is 0 Å². The number of ether oxygens (including phenoxy) is 1. The van der Waals surface area contributed by atoms with E-state index in [0.29, 0.717) is 46.3 Å². The third kappa shape index (κ3) is 11.0. The zero-order valence-electron chi connectivity index (χ0n) is 33.8. The van der Waals surface area contributed by atoms with Gasteiger partial charge in [-0.25, -0.2) is 18.4 Å². The Bertz CT molecular complexity index is 2610. The molecule has 0 amide bonds. The van der Waals surface area contributed by atoms with Crippen LogP contribution >= 0.6 is 35.0 Å². The highest BCUT2D eigenvalue weighted by Crippen LogP contribution is 2.33. The van der Waals surface area contributed by atoms with Gasteiger partial charge in [-0.15, -0.1) is 11.8 Å². The van der Waals surface area contributed by atoms with Gasteiger partial charge in [0.15, 0.2) is 5.82 Å². The molecule has 1 unspecified atom stereocenters. The summed E-state index contributed by atoms with van der Waals surface area (Å²) in [4.78, 5) is 28.4. The first-order valence-electron chi connectivity index (χ1n) is 20.4. The molecule has 0 spiro atoms. The molecule has 2 N–H and O–H groups in total. The summed E-state index contributed by atoms with van der Waals surface area (Å²) in [5.74, 6) is 0.693. The molecule has 62 heavy (non-hydrogen) atoms. The fourth-order valence-corrected chi connectivity index (χ4v) is 10.1. The molecule has 8 rings (SSSR count). The third-order valence-corrected chi connectivity index (χ3v) is 14.1. The van der Waals surface area contributed by atoms with Gasteiger partial charge in [0.1, 0.15) is 12.0 Å². The highest BCUT2D eigenvalue weighted by atomic mass is 35.5. The molecule has 3 heterocycles. The van der Waals surface area contributed by atoms with Crippen LogP contribution in [0.3, 0.4) is 0 Å². The maximum atomic E-state index is 13.8. The Balaban J connectivity index is 0.940. The molecule has 13 nitrogen and oxygen atoms in total. The van der Waals surface area contributed by atoms with Gasteiger partial charge < -0.3 is 15.0 Å². The normalized spacial score (nSPS) is 15.7. The van der Waals surface area contributed by atoms with Crippen LogP contribution in [0.2, 0.25) is 10.0 Å². The molecule has 17 heteroatoms. The lowest BCUT2D eigenvalue weighted by molar-refractivity contribution is -0.384. The first kappa shape index (κ1) is 43.6. The molecular formula is C45H46Cl2N8O5S2. The van der Waals surface area contributed by atoms with E-state index in [1.54, 1.807) is 11.8 Å². The van der Waals surface area contributed by atoms with E-state index >= 15 is 0 Å². The topological polar surface area (TPSA) is 146 Å². The van der Waals surface area contributed by atoms with E-state index in [1.807, 2.05) is 66.7 Å². The highest BCUT2D eigenvalue weighted by Gasteiger charge is 2.26. The lowest BCUT2D eigenvalue weighted by atomic mass is 9.99. The molecule has 0 bridgehead atoms. The number of morpholine rings is 1. The number of piperazine rings is 1. The summed E-state index contributed by atoms with van der Waals surface area (Å²) < 4.78 is 35.8. The maximum absolute atomic E-state index is 13.8. The minimum absolute atomic E-state index is 0.0781. The molecule has 2 aliphatic rings. The van der Waals surface area contributed by atoms with Crippen molar-refractivity contribution in [3.05, 3.63) is 141 Å². The first-order chi connectivity index (χ1) is 30.1. The molecular weight excluding hydrogens is 868 g/mol. The number of hydrogen-bond donors (Lipinski definition) is 2. The second-order valence-corrected chi connectivity index (χ2v) is 18.9. The second kappa shape index (κ2) is 20.0. The second-order valence-electron chi connectivity index (χ2n) is 15.2. The molecule has 322 valence electrons. The number of fused-ring (bicyclic) bond motifs is 1. The number of anilines is 3. The lowest BCUT2D eigenvalue weighted by Crippen LogP contribution is -2.46. The van der Waals surface area contributed by atoms with Crippen molar-refractivity contribution in [1.29, 1.82) is 0 Å². The number of nitro groups is 1. The SMILES string of the molecule is O=[N+]([O-])c1cc(S(=O)(=O)Nc2ncnc3cc(N4CCN(Cc5cc(Cl)ccc5-c5ccccc5)CC4)ccc23)ccc1NC(CCN1CCOCC1)CSc1ccc(Cl)cc1. The predicted octanol–water partition coefficient (Wildman–Crippen LogP) is 8.93. The molecule has 1 atom stereocenters. The van der Waals surface area contributed by atoms with Crippen LogP contribution in [-0.2, 0) is 21.3 Å². The standard InChI is InChI=1S/C45H46Cl2N8O5S2/c46-34-6-10-38(11-7-34)61-30-36(16-17-52-22-24-60-25-23-52)50-42-15-12-39(28-44(42)55(56)57)62(58,59)51-45-41-14-9-37(27-43(41)48-31-49-45)54-20-18-53(19-21-54)29-33-26-35(47)8-13-40(33)32-4-2-1-3-5-32/h1-15,26-28,31,36,50H,16-25,29-30H2,(H,48,49,51). The third-order valence-electron chi connectivity index (χ3n) is 11.1. The Morgan fingerprint density at radius 1 is 0.823 bits per heavy atom. The Morgan fingerprint density at radius 3 is 2.34 bits per heavy atom. The van der Waals surface area contributed by atoms with Crippen molar-refractivity contribution < 1.29 is 18.1 Å². The maximum Gasteiger partial charge on any atom is 0.293 e. The molecule has 0 saturated carbocycles. The van der Waals surface area contributed by atoms with Gasteiger partial charge in [-0.1, -0.05) is 59.6 Å². The summed E-state index contributed by atoms with van der Waals surface area (Å²) in [6, 6.07) is 33.4. The average Bonchev–Trinajstić information content (AvgIpc) is 3.28. The molecule has 0 aliphatic carbocycles. The van der Waals surface area contributed by atoms with E-state index in [9.17, 15) is 18.5 Å². The van der Waals surface area contributed by atoms with Gasteiger partial charge in [-0.3, -0.25) is 24.6 Å². The molecule has 0 radical (unpaired) electrons. The molecule has 5 aromatic carbocycles. The number of nitrogens with one attached hydrogen (secondary N) is 2. The zero-order valence-corrected chi connectivity index (χ0v) is 37.0. The van der Waals surface area contributed by atoms with Crippen molar-refractivity contribution in [3.63, 3.8) is 0 Å². The number of thioether (sulfide) groups is 1. The summed E-state index contributed by atoms with van der Waals surface area (Å²) in [5, 5.41) is 17.7. The monoisotopic (exact) mass is 912 g/mol. The Labute approximate surface area is 375 Å². The Morgan fingerprint density at radius 2 is 1.58 bits per heavy atom. The molecule has 6 aromatic rings. The number of rotatable bonds is 16. The number of benzene rings is 5. The minimum atomic E-state index is -4.30. The van der Waals surface area contributed by atoms with Gasteiger partial charge in [0.25, 0.3) is 15.7 Å². The number of hydrogen-bond acceptors (Lipinski definition) is 12. The summed E-state index contributed by atoms with van der Waals surface area (Å²) in [6.07, 6.45) is 2.02. The molecule has 2 fully saturated rings. The van der Waals surface area contributed by atoms with Gasteiger partial charge in [0.05, 0.1) is 28.5 Å².